The first-order valence-corrected chi connectivity index (χ1v) is 19.1. The zero-order chi connectivity index (χ0) is 33.8. The van der Waals surface area contributed by atoms with Gasteiger partial charge in [0.15, 0.2) is 16.6 Å². The Labute approximate surface area is 279 Å². The maximum atomic E-state index is 14.9. The van der Waals surface area contributed by atoms with Crippen LogP contribution in [0.4, 0.5) is 5.69 Å². The summed E-state index contributed by atoms with van der Waals surface area (Å²) in [5.74, 6) is -0.00133. The second-order valence-electron chi connectivity index (χ2n) is 13.2. The van der Waals surface area contributed by atoms with Crippen molar-refractivity contribution in [2.45, 2.75) is 90.1 Å². The molecule has 260 valence electrons. The average Bonchev–Trinajstić information content (AvgIpc) is 3.12. The van der Waals surface area contributed by atoms with Gasteiger partial charge >= 0.3 is 0 Å². The van der Waals surface area contributed by atoms with Gasteiger partial charge in [-0.25, -0.2) is 8.42 Å². The van der Waals surface area contributed by atoms with E-state index in [9.17, 15) is 13.5 Å². The minimum Gasteiger partial charge on any atom is -0.851 e. The van der Waals surface area contributed by atoms with Crippen LogP contribution in [-0.4, -0.2) is 91.6 Å². The molecule has 0 aliphatic carbocycles. The summed E-state index contributed by atoms with van der Waals surface area (Å²) in [4.78, 5) is 2.25. The van der Waals surface area contributed by atoms with Crippen LogP contribution in [0.25, 0.3) is 0 Å². The number of unbranched alkanes of at least 4 members (excludes halogenated alkanes) is 2. The first-order chi connectivity index (χ1) is 22.0. The van der Waals surface area contributed by atoms with Crippen molar-refractivity contribution >= 4 is 15.5 Å². The quantitative estimate of drug-likeness (QED) is 0.0976. The molecule has 0 N–H and O–H groups in total. The third-order valence-corrected chi connectivity index (χ3v) is 12.1. The molecule has 3 rings (SSSR count). The summed E-state index contributed by atoms with van der Waals surface area (Å²) < 4.78 is 46.6. The van der Waals surface area contributed by atoms with Gasteiger partial charge in [-0.3, -0.25) is 0 Å². The first kappa shape index (κ1) is 38.3. The predicted molar refractivity (Wildman–Crippen MR) is 185 cm³/mol. The van der Waals surface area contributed by atoms with Gasteiger partial charge in [0, 0.05) is 19.8 Å². The van der Waals surface area contributed by atoms with Crippen molar-refractivity contribution in [1.29, 1.82) is 0 Å². The van der Waals surface area contributed by atoms with Gasteiger partial charge in [0.2, 0.25) is 0 Å². The lowest BCUT2D eigenvalue weighted by Gasteiger charge is -2.48. The molecule has 9 heteroatoms. The number of fused-ring (bicyclic) bond motifs is 1. The summed E-state index contributed by atoms with van der Waals surface area (Å²) in [6.07, 6.45) is 3.64. The zero-order valence-electron chi connectivity index (χ0n) is 29.6. The molecule has 2 aromatic carbocycles. The number of rotatable bonds is 20. The van der Waals surface area contributed by atoms with Crippen LogP contribution in [0.2, 0.25) is 0 Å². The summed E-state index contributed by atoms with van der Waals surface area (Å²) in [7, 11) is 0.190. The molecule has 46 heavy (non-hydrogen) atoms. The SMILES string of the molecule is CCCCC1(CCCC)CS(=O)(=O)c2ccc(N(C)C)cc2[C@@H](c2ccc(OCCOCCOC[N+](CC)(CC)CC)cc2)[C@H]1[O-]. The van der Waals surface area contributed by atoms with Gasteiger partial charge in [-0.15, -0.1) is 6.10 Å². The van der Waals surface area contributed by atoms with Crippen LogP contribution in [0.3, 0.4) is 0 Å². The van der Waals surface area contributed by atoms with E-state index in [0.717, 1.165) is 61.1 Å². The number of hydrogen-bond acceptors (Lipinski definition) is 7. The second-order valence-corrected chi connectivity index (χ2v) is 15.2. The van der Waals surface area contributed by atoms with E-state index in [1.165, 1.54) is 0 Å². The van der Waals surface area contributed by atoms with E-state index < -0.39 is 27.3 Å². The number of hydrogen-bond donors (Lipinski definition) is 0. The minimum absolute atomic E-state index is 0.0962. The molecule has 0 bridgehead atoms. The van der Waals surface area contributed by atoms with E-state index in [4.69, 9.17) is 14.2 Å². The maximum Gasteiger partial charge on any atom is 0.183 e. The molecule has 0 aromatic heterocycles. The highest BCUT2D eigenvalue weighted by atomic mass is 32.2. The third kappa shape index (κ3) is 9.47. The highest BCUT2D eigenvalue weighted by Gasteiger charge is 2.45. The highest BCUT2D eigenvalue weighted by Crippen LogP contribution is 2.49. The Kier molecular flexibility index (Phi) is 14.8. The molecule has 0 unspecified atom stereocenters. The van der Waals surface area contributed by atoms with Crippen LogP contribution in [0, 0.1) is 5.41 Å². The number of nitrogens with zero attached hydrogens (tertiary/aromatic N) is 2. The number of quaternary nitrogens is 1. The predicted octanol–water partition coefficient (Wildman–Crippen LogP) is 6.01. The molecule has 0 spiro atoms. The lowest BCUT2D eigenvalue weighted by Crippen LogP contribution is -2.50. The molecular weight excluding hydrogens is 600 g/mol. The normalized spacial score (nSPS) is 19.0. The molecule has 0 saturated heterocycles. The Morgan fingerprint density at radius 1 is 0.848 bits per heavy atom. The van der Waals surface area contributed by atoms with Crippen molar-refractivity contribution in [3.05, 3.63) is 53.6 Å². The van der Waals surface area contributed by atoms with Crippen molar-refractivity contribution < 1.29 is 32.2 Å². The summed E-state index contributed by atoms with van der Waals surface area (Å²) >= 11 is 0. The van der Waals surface area contributed by atoms with Crippen molar-refractivity contribution in [2.75, 3.05) is 77.5 Å². The number of sulfone groups is 1. The van der Waals surface area contributed by atoms with E-state index in [1.807, 2.05) is 55.4 Å². The molecule has 2 atom stereocenters. The number of anilines is 1. The zero-order valence-corrected chi connectivity index (χ0v) is 30.4. The van der Waals surface area contributed by atoms with Gasteiger partial charge in [0.1, 0.15) is 12.4 Å². The second kappa shape index (κ2) is 17.8. The van der Waals surface area contributed by atoms with Crippen LogP contribution in [-0.2, 0) is 19.3 Å². The smallest absolute Gasteiger partial charge is 0.183 e. The van der Waals surface area contributed by atoms with Crippen molar-refractivity contribution in [3.63, 3.8) is 0 Å². The van der Waals surface area contributed by atoms with Gasteiger partial charge < -0.3 is 28.7 Å². The van der Waals surface area contributed by atoms with Gasteiger partial charge in [-0.2, -0.15) is 0 Å². The minimum atomic E-state index is -3.67. The molecule has 1 aliphatic heterocycles. The Morgan fingerprint density at radius 2 is 1.43 bits per heavy atom. The summed E-state index contributed by atoms with van der Waals surface area (Å²) in [5.41, 5.74) is 1.48. The van der Waals surface area contributed by atoms with Crippen LogP contribution in [0.5, 0.6) is 5.75 Å². The molecule has 0 fully saturated rings. The standard InChI is InChI=1S/C37H60N2O6S/c1-8-13-21-37(22-14-9-2)28-46(41,42)34-20-17-31(38(6)7)27-33(34)35(36(37)40)30-15-18-32(19-16-30)45-26-25-43-23-24-44-29-39(10-3,11-4)12-5/h15-20,27,35-36H,8-14,21-26,28-29H2,1-7H3/t35-,36-/m1/s1. The van der Waals surface area contributed by atoms with E-state index in [-0.39, 0.29) is 5.75 Å². The van der Waals surface area contributed by atoms with Gasteiger partial charge in [0.05, 0.1) is 50.1 Å². The molecule has 0 radical (unpaired) electrons. The fourth-order valence-electron chi connectivity index (χ4n) is 6.77. The molecule has 8 nitrogen and oxygen atoms in total. The molecular formula is C37H60N2O6S. The number of benzene rings is 2. The van der Waals surface area contributed by atoms with E-state index in [1.54, 1.807) is 6.07 Å². The Bertz CT molecular complexity index is 1280. The lowest BCUT2D eigenvalue weighted by molar-refractivity contribution is -0.941. The van der Waals surface area contributed by atoms with Gasteiger partial charge in [0.25, 0.3) is 0 Å². The first-order valence-electron chi connectivity index (χ1n) is 17.4. The van der Waals surface area contributed by atoms with Crippen LogP contribution >= 0.6 is 0 Å². The molecule has 1 aliphatic rings. The third-order valence-electron chi connectivity index (χ3n) is 10.1. The van der Waals surface area contributed by atoms with Crippen molar-refractivity contribution in [1.82, 2.24) is 0 Å². The summed E-state index contributed by atoms with van der Waals surface area (Å²) in [6, 6.07) is 13.1. The monoisotopic (exact) mass is 660 g/mol. The Balaban J connectivity index is 1.78. The number of ether oxygens (including phenoxy) is 3. The van der Waals surface area contributed by atoms with E-state index in [2.05, 4.69) is 34.6 Å². The highest BCUT2D eigenvalue weighted by molar-refractivity contribution is 7.91. The van der Waals surface area contributed by atoms with Crippen LogP contribution < -0.4 is 14.7 Å². The van der Waals surface area contributed by atoms with Gasteiger partial charge in [-0.1, -0.05) is 51.7 Å². The lowest BCUT2D eigenvalue weighted by atomic mass is 9.68. The van der Waals surface area contributed by atoms with Crippen LogP contribution in [0.15, 0.2) is 47.4 Å². The van der Waals surface area contributed by atoms with E-state index >= 15 is 0 Å². The molecule has 1 heterocycles. The molecule has 0 amide bonds. The van der Waals surface area contributed by atoms with Crippen molar-refractivity contribution in [3.8, 4) is 5.75 Å². The van der Waals surface area contributed by atoms with Crippen LogP contribution in [0.1, 0.15) is 90.2 Å². The average molecular weight is 661 g/mol. The summed E-state index contributed by atoms with van der Waals surface area (Å²) in [5, 5.41) is 14.9. The fraction of sp³-hybridized carbons (Fsp3) is 0.676. The molecule has 0 saturated carbocycles. The van der Waals surface area contributed by atoms with Gasteiger partial charge in [-0.05, 0) is 86.4 Å². The van der Waals surface area contributed by atoms with Crippen molar-refractivity contribution in [2.24, 2.45) is 5.41 Å². The largest absolute Gasteiger partial charge is 0.851 e. The topological polar surface area (TPSA) is 88.1 Å². The van der Waals surface area contributed by atoms with E-state index in [0.29, 0.717) is 62.2 Å². The molecule has 2 aromatic rings. The Morgan fingerprint density at radius 3 is 2.00 bits per heavy atom. The maximum absolute atomic E-state index is 14.9. The fourth-order valence-corrected chi connectivity index (χ4v) is 8.96. The summed E-state index contributed by atoms with van der Waals surface area (Å²) in [6.45, 7) is 16.6. The Hall–Kier alpha value is -2.17.